The number of benzene rings is 6. The summed E-state index contributed by atoms with van der Waals surface area (Å²) in [6.45, 7) is 0. The number of fused-ring (bicyclic) bond motifs is 2. The fraction of sp³-hybridized carbons (Fsp3) is 0. The molecule has 0 saturated heterocycles. The molecule has 0 aliphatic carbocycles. The van der Waals surface area contributed by atoms with Crippen LogP contribution in [-0.2, 0) is 74.6 Å². The van der Waals surface area contributed by atoms with E-state index in [-0.39, 0.29) is 186 Å². The maximum absolute atomic E-state index is 12.1. The summed E-state index contributed by atoms with van der Waals surface area (Å²) in [6, 6.07) is 12.8. The molecule has 63 heavy (non-hydrogen) atoms. The number of azo groups is 2. The van der Waals surface area contributed by atoms with Gasteiger partial charge in [0.05, 0.1) is 19.6 Å². The SMILES string of the molecule is Nc1cc(S(=O)(=O)[O-])cc2cc(S(=O)(=O)[O-])c(N=Nc3ccc(-c4ccc(N=Nc5c(S(=O)(=O)[O-])cc6cccc(S(=O)(=O)[O-])c6c5O)c(O)c4)cc3O)c(O)c12.[Cu].[Cu].[Na+].[Na+].[Na+].[Na+]. The predicted molar refractivity (Wildman–Crippen MR) is 191 cm³/mol. The average molecular weight is 1080 g/mol. The van der Waals surface area contributed by atoms with E-state index in [4.69, 9.17) is 5.73 Å². The van der Waals surface area contributed by atoms with Gasteiger partial charge in [0, 0.05) is 50.6 Å². The van der Waals surface area contributed by atoms with Crippen molar-refractivity contribution >= 4 is 90.5 Å². The van der Waals surface area contributed by atoms with Gasteiger partial charge in [-0.15, -0.1) is 20.5 Å². The van der Waals surface area contributed by atoms with Crippen molar-refractivity contribution in [3.63, 3.8) is 0 Å². The average Bonchev–Trinajstić information content (AvgIpc) is 3.09. The van der Waals surface area contributed by atoms with Crippen molar-refractivity contribution in [3.05, 3.63) is 78.9 Å². The summed E-state index contributed by atoms with van der Waals surface area (Å²) >= 11 is 0. The van der Waals surface area contributed by atoms with Gasteiger partial charge in [0.1, 0.15) is 74.7 Å². The largest absolute Gasteiger partial charge is 1.00 e. The van der Waals surface area contributed by atoms with E-state index in [0.29, 0.717) is 24.3 Å². The van der Waals surface area contributed by atoms with Crippen molar-refractivity contribution < 1.29 is 225 Å². The fourth-order valence-corrected chi connectivity index (χ4v) is 8.11. The Morgan fingerprint density at radius 1 is 0.460 bits per heavy atom. The van der Waals surface area contributed by atoms with Gasteiger partial charge in [-0.3, -0.25) is 0 Å². The topological polar surface area (TPSA) is 385 Å². The van der Waals surface area contributed by atoms with E-state index in [1.54, 1.807) is 0 Å². The number of nitrogens with two attached hydrogens (primary N) is 1. The van der Waals surface area contributed by atoms with Crippen molar-refractivity contribution in [2.45, 2.75) is 19.6 Å². The molecule has 0 aliphatic heterocycles. The quantitative estimate of drug-likeness (QED) is 0.0389. The Labute approximate surface area is 467 Å². The van der Waals surface area contributed by atoms with Crippen LogP contribution < -0.4 is 124 Å². The normalized spacial score (nSPS) is 11.7. The van der Waals surface area contributed by atoms with Crippen LogP contribution in [0.5, 0.6) is 23.0 Å². The third-order valence-electron chi connectivity index (χ3n) is 8.09. The zero-order valence-corrected chi connectivity index (χ0v) is 45.4. The molecule has 6 aromatic carbocycles. The summed E-state index contributed by atoms with van der Waals surface area (Å²) in [5.74, 6) is -3.45. The zero-order chi connectivity index (χ0) is 42.0. The van der Waals surface area contributed by atoms with Gasteiger partial charge in [-0.25, -0.2) is 33.7 Å². The second kappa shape index (κ2) is 23.1. The number of hydrogen-bond acceptors (Lipinski definition) is 21. The van der Waals surface area contributed by atoms with E-state index < -0.39 is 111 Å². The Morgan fingerprint density at radius 2 is 0.873 bits per heavy atom. The van der Waals surface area contributed by atoms with E-state index in [0.717, 1.165) is 42.5 Å². The number of hydrogen-bond donors (Lipinski definition) is 5. The van der Waals surface area contributed by atoms with Crippen LogP contribution in [0.3, 0.4) is 0 Å². The van der Waals surface area contributed by atoms with Gasteiger partial charge in [0.25, 0.3) is 0 Å². The molecular weight excluding hydrogens is 1060 g/mol. The molecular formula is C32H19Cu2N5Na4O16S4. The van der Waals surface area contributed by atoms with Gasteiger partial charge in [0.15, 0.2) is 11.5 Å². The second-order valence-corrected chi connectivity index (χ2v) is 17.2. The summed E-state index contributed by atoms with van der Waals surface area (Å²) in [5, 5.41) is 55.9. The van der Waals surface area contributed by atoms with Crippen LogP contribution in [0, 0.1) is 0 Å². The van der Waals surface area contributed by atoms with E-state index in [1.165, 1.54) is 12.1 Å². The Bertz CT molecular complexity index is 3280. The number of nitrogen functional groups attached to an aromatic ring is 1. The van der Waals surface area contributed by atoms with Crippen LogP contribution in [0.25, 0.3) is 32.7 Å². The molecule has 0 aliphatic rings. The van der Waals surface area contributed by atoms with Crippen LogP contribution in [-0.4, -0.2) is 72.3 Å². The maximum Gasteiger partial charge on any atom is 1.00 e. The minimum Gasteiger partial charge on any atom is -0.744 e. The molecule has 0 aromatic heterocycles. The number of phenolic OH excluding ortho intramolecular Hbond substituents is 4. The van der Waals surface area contributed by atoms with Crippen molar-refractivity contribution in [3.8, 4) is 34.1 Å². The molecule has 0 atom stereocenters. The Hall–Kier alpha value is -1.28. The summed E-state index contributed by atoms with van der Waals surface area (Å²) in [7, 11) is -21.1. The maximum atomic E-state index is 12.1. The molecule has 0 bridgehead atoms. The van der Waals surface area contributed by atoms with Crippen LogP contribution in [0.2, 0.25) is 0 Å². The Balaban J connectivity index is 0.00000641. The van der Waals surface area contributed by atoms with Gasteiger partial charge in [-0.2, -0.15) is 0 Å². The van der Waals surface area contributed by atoms with Crippen molar-refractivity contribution in [2.75, 3.05) is 5.73 Å². The molecule has 6 aromatic rings. The van der Waals surface area contributed by atoms with Gasteiger partial charge < -0.3 is 44.4 Å². The molecule has 31 heteroatoms. The number of rotatable bonds is 9. The standard InChI is InChI=1S/C32H23N5O16S4.2Cu.4Na/c33-19-13-18(54(42,43)44)8-17-12-26(57(51,52)53)29(31(40)27(17)19)36-34-20-6-4-14(9-22(20)38)15-5-7-21(23(39)10-15)35-37-30-25(56(48,49)50)11-16-2-1-3-24(55(45,46)47)28(16)32(30)41;;;;;;/h1-13,38-41H,33H2,(H,42,43,44)(H,45,46,47)(H,48,49,50)(H,51,52,53);;;;;;/q;;;4*+1/p-4. The Kier molecular flexibility index (Phi) is 22.7. The molecule has 0 heterocycles. The smallest absolute Gasteiger partial charge is 0.744 e. The van der Waals surface area contributed by atoms with Crippen LogP contribution >= 0.6 is 0 Å². The molecule has 0 unspecified atom stereocenters. The first-order valence-electron chi connectivity index (χ1n) is 15.1. The first-order chi connectivity index (χ1) is 26.4. The molecule has 0 saturated carbocycles. The number of aromatic hydroxyl groups is 4. The van der Waals surface area contributed by atoms with Gasteiger partial charge in [-0.05, 0) is 76.5 Å². The first kappa shape index (κ1) is 61.7. The minimum atomic E-state index is -5.44. The first-order valence-corrected chi connectivity index (χ1v) is 20.7. The molecule has 318 valence electrons. The minimum absolute atomic E-state index is 0. The zero-order valence-electron chi connectivity index (χ0n) is 32.3. The van der Waals surface area contributed by atoms with E-state index in [9.17, 15) is 72.3 Å². The summed E-state index contributed by atoms with van der Waals surface area (Å²) in [6.07, 6.45) is 0. The molecule has 6 N–H and O–H groups in total. The van der Waals surface area contributed by atoms with Crippen LogP contribution in [0.1, 0.15) is 0 Å². The summed E-state index contributed by atoms with van der Waals surface area (Å²) in [4.78, 5) is -4.13. The third-order valence-corrected chi connectivity index (χ3v) is 11.5. The number of nitrogens with zero attached hydrogens (tertiary/aromatic N) is 4. The van der Waals surface area contributed by atoms with Gasteiger partial charge >= 0.3 is 118 Å². The number of anilines is 1. The molecule has 0 amide bonds. The van der Waals surface area contributed by atoms with Gasteiger partial charge in [0.2, 0.25) is 0 Å². The van der Waals surface area contributed by atoms with E-state index in [2.05, 4.69) is 20.5 Å². The molecule has 0 spiro atoms. The third kappa shape index (κ3) is 13.5. The van der Waals surface area contributed by atoms with Crippen LogP contribution in [0.4, 0.5) is 28.4 Å². The molecule has 21 nitrogen and oxygen atoms in total. The van der Waals surface area contributed by atoms with E-state index in [1.807, 2.05) is 0 Å². The molecule has 0 fully saturated rings. The number of phenols is 4. The van der Waals surface area contributed by atoms with Crippen molar-refractivity contribution in [2.24, 2.45) is 20.5 Å². The summed E-state index contributed by atoms with van der Waals surface area (Å²) in [5.41, 5.74) is 3.00. The van der Waals surface area contributed by atoms with E-state index >= 15 is 0 Å². The molecule has 2 radical (unpaired) electrons. The predicted octanol–water partition coefficient (Wildman–Crippen LogP) is -7.48. The van der Waals surface area contributed by atoms with Crippen LogP contribution in [0.15, 0.2) is 119 Å². The monoisotopic (exact) mass is 1070 g/mol. The summed E-state index contributed by atoms with van der Waals surface area (Å²) < 4.78 is 142. The fourth-order valence-electron chi connectivity index (χ4n) is 5.57. The van der Waals surface area contributed by atoms with Crippen molar-refractivity contribution in [1.82, 2.24) is 0 Å². The van der Waals surface area contributed by atoms with Crippen molar-refractivity contribution in [1.29, 1.82) is 0 Å². The molecule has 6 rings (SSSR count). The van der Waals surface area contributed by atoms with Gasteiger partial charge in [-0.1, -0.05) is 24.3 Å². The second-order valence-electron chi connectivity index (χ2n) is 11.7. The Morgan fingerprint density at radius 3 is 1.27 bits per heavy atom.